The van der Waals surface area contributed by atoms with Gasteiger partial charge in [-0.15, -0.1) is 0 Å². The number of aliphatic imine (C=N–C) groups is 1. The third-order valence-electron chi connectivity index (χ3n) is 2.42. The van der Waals surface area contributed by atoms with Gasteiger partial charge in [-0.3, -0.25) is 4.79 Å². The molecule has 1 aromatic heterocycles. The number of amides is 1. The van der Waals surface area contributed by atoms with Gasteiger partial charge in [-0.2, -0.15) is 4.98 Å². The number of nitrogens with one attached hydrogen (secondary N) is 1. The molecule has 0 spiro atoms. The molecule has 2 heterocycles. The lowest BCUT2D eigenvalue weighted by atomic mass is 10.3. The molecule has 6 heteroatoms. The van der Waals surface area contributed by atoms with Crippen molar-refractivity contribution in [3.63, 3.8) is 0 Å². The number of nitrogens with zero attached hydrogens (tertiary/aromatic N) is 3. The van der Waals surface area contributed by atoms with Crippen molar-refractivity contribution in [1.29, 1.82) is 0 Å². The molecule has 0 bridgehead atoms. The van der Waals surface area contributed by atoms with Crippen molar-refractivity contribution in [2.75, 3.05) is 13.6 Å². The summed E-state index contributed by atoms with van der Waals surface area (Å²) in [7, 11) is 1.72. The van der Waals surface area contributed by atoms with E-state index in [-0.39, 0.29) is 11.7 Å². The molecule has 6 nitrogen and oxygen atoms in total. The summed E-state index contributed by atoms with van der Waals surface area (Å²) in [6.07, 6.45) is 3.22. The third kappa shape index (κ3) is 1.86. The van der Waals surface area contributed by atoms with E-state index in [0.717, 1.165) is 0 Å². The topological polar surface area (TPSA) is 78.4 Å². The van der Waals surface area contributed by atoms with Gasteiger partial charge in [0, 0.05) is 25.6 Å². The van der Waals surface area contributed by atoms with E-state index in [0.29, 0.717) is 24.2 Å². The van der Waals surface area contributed by atoms with E-state index < -0.39 is 5.69 Å². The van der Waals surface area contributed by atoms with E-state index >= 15 is 0 Å². The SMILES string of the molecule is Cc1[c][nH]c(=O)nc1N=C1CCN(C)C1=O. The minimum Gasteiger partial charge on any atom is -0.340 e. The van der Waals surface area contributed by atoms with Gasteiger partial charge in [0.2, 0.25) is 0 Å². The van der Waals surface area contributed by atoms with E-state index in [4.69, 9.17) is 0 Å². The van der Waals surface area contributed by atoms with Crippen LogP contribution in [0.4, 0.5) is 5.82 Å². The number of hydrogen-bond donors (Lipinski definition) is 1. The number of likely N-dealkylation sites (tertiary alicyclic amines) is 1. The van der Waals surface area contributed by atoms with E-state index in [1.807, 2.05) is 0 Å². The first-order valence-electron chi connectivity index (χ1n) is 4.89. The zero-order valence-electron chi connectivity index (χ0n) is 9.07. The minimum absolute atomic E-state index is 0.110. The number of carbonyl (C=O) groups is 1. The number of aromatic amines is 1. The van der Waals surface area contributed by atoms with Crippen LogP contribution in [0, 0.1) is 13.1 Å². The Kier molecular flexibility index (Phi) is 2.55. The van der Waals surface area contributed by atoms with Crippen molar-refractivity contribution in [3.8, 4) is 0 Å². The van der Waals surface area contributed by atoms with E-state index in [1.165, 1.54) is 0 Å². The molecule has 1 aromatic rings. The van der Waals surface area contributed by atoms with Crippen molar-refractivity contribution in [1.82, 2.24) is 14.9 Å². The first kappa shape index (κ1) is 10.5. The molecule has 1 fully saturated rings. The summed E-state index contributed by atoms with van der Waals surface area (Å²) in [5, 5.41) is 0. The van der Waals surface area contributed by atoms with E-state index in [2.05, 4.69) is 21.2 Å². The summed E-state index contributed by atoms with van der Waals surface area (Å²) >= 11 is 0. The van der Waals surface area contributed by atoms with Crippen molar-refractivity contribution in [3.05, 3.63) is 22.2 Å². The fourth-order valence-electron chi connectivity index (χ4n) is 1.45. The van der Waals surface area contributed by atoms with Crippen LogP contribution in [0.1, 0.15) is 12.0 Å². The maximum Gasteiger partial charge on any atom is 0.347 e. The molecule has 16 heavy (non-hydrogen) atoms. The van der Waals surface area contributed by atoms with Gasteiger partial charge in [0.1, 0.15) is 5.71 Å². The van der Waals surface area contributed by atoms with Crippen LogP contribution in [0.15, 0.2) is 9.79 Å². The monoisotopic (exact) mass is 219 g/mol. The molecule has 0 saturated carbocycles. The molecule has 0 unspecified atom stereocenters. The first-order valence-corrected chi connectivity index (χ1v) is 4.89. The Bertz CT molecular complexity index is 518. The molecule has 0 aliphatic carbocycles. The average Bonchev–Trinajstić information content (AvgIpc) is 2.55. The third-order valence-corrected chi connectivity index (χ3v) is 2.42. The van der Waals surface area contributed by atoms with Gasteiger partial charge < -0.3 is 9.88 Å². The molecule has 1 aliphatic rings. The molecule has 83 valence electrons. The van der Waals surface area contributed by atoms with Gasteiger partial charge in [-0.1, -0.05) is 0 Å². The highest BCUT2D eigenvalue weighted by Crippen LogP contribution is 2.14. The van der Waals surface area contributed by atoms with Crippen LogP contribution in [0.3, 0.4) is 0 Å². The number of H-pyrrole nitrogens is 1. The quantitative estimate of drug-likeness (QED) is 0.711. The highest BCUT2D eigenvalue weighted by atomic mass is 16.2. The molecular weight excluding hydrogens is 208 g/mol. The highest BCUT2D eigenvalue weighted by molar-refractivity contribution is 6.40. The lowest BCUT2D eigenvalue weighted by Crippen LogP contribution is -2.22. The lowest BCUT2D eigenvalue weighted by Gasteiger charge is -2.03. The predicted molar refractivity (Wildman–Crippen MR) is 57.8 cm³/mol. The van der Waals surface area contributed by atoms with Gasteiger partial charge in [0.15, 0.2) is 5.82 Å². The number of carbonyl (C=O) groups excluding carboxylic acids is 1. The molecule has 1 saturated heterocycles. The molecule has 0 atom stereocenters. The Morgan fingerprint density at radius 1 is 1.50 bits per heavy atom. The van der Waals surface area contributed by atoms with Crippen LogP contribution in [-0.2, 0) is 4.79 Å². The van der Waals surface area contributed by atoms with Crippen LogP contribution >= 0.6 is 0 Å². The lowest BCUT2D eigenvalue weighted by molar-refractivity contribution is -0.121. The summed E-state index contributed by atoms with van der Waals surface area (Å²) in [6.45, 7) is 2.38. The molecule has 1 aliphatic heterocycles. The van der Waals surface area contributed by atoms with Crippen LogP contribution in [0.5, 0.6) is 0 Å². The zero-order chi connectivity index (χ0) is 11.7. The standard InChI is InChI=1S/C10H11N4O2/c1-6-5-11-10(16)13-8(6)12-7-3-4-14(2)9(7)15/h3-4H2,1-2H3,(H,11,13,16). The molecular formula is C10H11N4O2. The molecule has 2 rings (SSSR count). The Morgan fingerprint density at radius 3 is 2.88 bits per heavy atom. The average molecular weight is 219 g/mol. The van der Waals surface area contributed by atoms with E-state index in [9.17, 15) is 9.59 Å². The molecule has 0 aromatic carbocycles. The predicted octanol–water partition coefficient (Wildman–Crippen LogP) is -0.187. The van der Waals surface area contributed by atoms with E-state index in [1.54, 1.807) is 18.9 Å². The number of hydrogen-bond acceptors (Lipinski definition) is 4. The smallest absolute Gasteiger partial charge is 0.340 e. The first-order chi connectivity index (χ1) is 7.58. The van der Waals surface area contributed by atoms with Crippen LogP contribution in [0.2, 0.25) is 0 Å². The highest BCUT2D eigenvalue weighted by Gasteiger charge is 2.24. The Morgan fingerprint density at radius 2 is 2.25 bits per heavy atom. The summed E-state index contributed by atoms with van der Waals surface area (Å²) in [5.74, 6) is 0.156. The second kappa shape index (κ2) is 3.88. The zero-order valence-corrected chi connectivity index (χ0v) is 9.07. The second-order valence-electron chi connectivity index (χ2n) is 3.65. The summed E-state index contributed by atoms with van der Waals surface area (Å²) in [6, 6.07) is 0. The molecule has 1 N–H and O–H groups in total. The van der Waals surface area contributed by atoms with Gasteiger partial charge in [0.25, 0.3) is 5.91 Å². The van der Waals surface area contributed by atoms with Crippen molar-refractivity contribution >= 4 is 17.4 Å². The number of aromatic nitrogens is 2. The van der Waals surface area contributed by atoms with Crippen molar-refractivity contribution in [2.24, 2.45) is 4.99 Å². The van der Waals surface area contributed by atoms with Crippen LogP contribution in [0.25, 0.3) is 0 Å². The van der Waals surface area contributed by atoms with Crippen LogP contribution < -0.4 is 5.69 Å². The maximum atomic E-state index is 11.6. The Hall–Kier alpha value is -1.98. The fourth-order valence-corrected chi connectivity index (χ4v) is 1.45. The van der Waals surface area contributed by atoms with Crippen molar-refractivity contribution < 1.29 is 4.79 Å². The maximum absolute atomic E-state index is 11.6. The van der Waals surface area contributed by atoms with Gasteiger partial charge in [0.05, 0.1) is 6.20 Å². The van der Waals surface area contributed by atoms with Crippen molar-refractivity contribution in [2.45, 2.75) is 13.3 Å². The van der Waals surface area contributed by atoms with Crippen LogP contribution in [-0.4, -0.2) is 40.1 Å². The normalized spacial score (nSPS) is 18.5. The van der Waals surface area contributed by atoms with Gasteiger partial charge in [-0.25, -0.2) is 9.79 Å². The van der Waals surface area contributed by atoms with Gasteiger partial charge >= 0.3 is 5.69 Å². The largest absolute Gasteiger partial charge is 0.347 e. The summed E-state index contributed by atoms with van der Waals surface area (Å²) < 4.78 is 0. The molecule has 1 amide bonds. The Balaban J connectivity index is 2.40. The number of aryl methyl sites for hydroxylation is 1. The second-order valence-corrected chi connectivity index (χ2v) is 3.65. The summed E-state index contributed by atoms with van der Waals surface area (Å²) in [4.78, 5) is 34.3. The summed E-state index contributed by atoms with van der Waals surface area (Å²) in [5.41, 5.74) is 0.551. The number of rotatable bonds is 1. The minimum atomic E-state index is -0.510. The van der Waals surface area contributed by atoms with Gasteiger partial charge in [-0.05, 0) is 6.92 Å². The molecule has 1 radical (unpaired) electrons. The fraction of sp³-hybridized carbons (Fsp3) is 0.400. The Labute approximate surface area is 92.0 Å².